The highest BCUT2D eigenvalue weighted by Gasteiger charge is 2.17. The molecule has 0 atom stereocenters. The van der Waals surface area contributed by atoms with Gasteiger partial charge in [0, 0.05) is 11.6 Å². The largest absolute Gasteiger partial charge is 0.477 e. The average Bonchev–Trinajstić information content (AvgIpc) is 2.88. The third kappa shape index (κ3) is 2.80. The van der Waals surface area contributed by atoms with Gasteiger partial charge in [0.15, 0.2) is 0 Å². The molecule has 4 heteroatoms. The van der Waals surface area contributed by atoms with Gasteiger partial charge in [-0.25, -0.2) is 9.78 Å². The van der Waals surface area contributed by atoms with Crippen LogP contribution in [0.3, 0.4) is 0 Å². The molecule has 0 amide bonds. The van der Waals surface area contributed by atoms with Crippen LogP contribution in [-0.2, 0) is 13.0 Å². The summed E-state index contributed by atoms with van der Waals surface area (Å²) < 4.78 is 1.81. The maximum atomic E-state index is 11.7. The van der Waals surface area contributed by atoms with Crippen LogP contribution in [0.1, 0.15) is 45.2 Å². The molecule has 3 rings (SSSR count). The highest BCUT2D eigenvalue weighted by atomic mass is 16.4. The Morgan fingerprint density at radius 3 is 2.38 bits per heavy atom. The van der Waals surface area contributed by atoms with Crippen molar-refractivity contribution in [3.05, 3.63) is 64.0 Å². The molecule has 0 aliphatic rings. The Kier molecular flexibility index (Phi) is 4.14. The van der Waals surface area contributed by atoms with Crippen molar-refractivity contribution in [2.45, 2.75) is 40.7 Å². The predicted molar refractivity (Wildman–Crippen MR) is 95.8 cm³/mol. The number of hydrogen-bond donors (Lipinski definition) is 1. The zero-order valence-electron chi connectivity index (χ0n) is 14.6. The zero-order valence-corrected chi connectivity index (χ0v) is 14.6. The van der Waals surface area contributed by atoms with Gasteiger partial charge in [0.25, 0.3) is 0 Å². The first-order valence-corrected chi connectivity index (χ1v) is 8.19. The molecule has 4 nitrogen and oxygen atoms in total. The van der Waals surface area contributed by atoms with Gasteiger partial charge in [0.05, 0.1) is 6.54 Å². The van der Waals surface area contributed by atoms with Crippen molar-refractivity contribution in [3.63, 3.8) is 0 Å². The Hall–Kier alpha value is -2.62. The lowest BCUT2D eigenvalue weighted by Crippen LogP contribution is -2.11. The first kappa shape index (κ1) is 16.2. The molecular formula is C20H22N2O2. The van der Waals surface area contributed by atoms with Crippen LogP contribution in [0.15, 0.2) is 30.5 Å². The monoisotopic (exact) mass is 322 g/mol. The number of carbonyl (C=O) groups is 1. The lowest BCUT2D eigenvalue weighted by atomic mass is 10.00. The summed E-state index contributed by atoms with van der Waals surface area (Å²) in [5, 5.41) is 10.5. The van der Waals surface area contributed by atoms with Crippen molar-refractivity contribution in [2.24, 2.45) is 0 Å². The van der Waals surface area contributed by atoms with Gasteiger partial charge in [-0.3, -0.25) is 0 Å². The van der Waals surface area contributed by atoms with Gasteiger partial charge in [-0.1, -0.05) is 24.6 Å². The number of fused-ring (bicyclic) bond motifs is 1. The molecule has 2 heterocycles. The third-order valence-electron chi connectivity index (χ3n) is 4.57. The molecule has 24 heavy (non-hydrogen) atoms. The summed E-state index contributed by atoms with van der Waals surface area (Å²) in [5.41, 5.74) is 6.84. The van der Waals surface area contributed by atoms with Crippen LogP contribution in [0.5, 0.6) is 0 Å². The third-order valence-corrected chi connectivity index (χ3v) is 4.57. The molecule has 2 aromatic heterocycles. The van der Waals surface area contributed by atoms with Crippen LogP contribution < -0.4 is 0 Å². The minimum atomic E-state index is -0.923. The molecule has 1 aromatic carbocycles. The summed E-state index contributed by atoms with van der Waals surface area (Å²) in [7, 11) is 0. The summed E-state index contributed by atoms with van der Waals surface area (Å²) in [6.45, 7) is 8.80. The van der Waals surface area contributed by atoms with E-state index < -0.39 is 5.97 Å². The second-order valence-corrected chi connectivity index (χ2v) is 6.41. The van der Waals surface area contributed by atoms with Crippen LogP contribution in [0.4, 0.5) is 0 Å². The van der Waals surface area contributed by atoms with E-state index in [0.717, 1.165) is 28.6 Å². The molecule has 0 saturated carbocycles. The Morgan fingerprint density at radius 1 is 1.12 bits per heavy atom. The number of rotatable bonds is 4. The van der Waals surface area contributed by atoms with E-state index in [9.17, 15) is 9.90 Å². The molecule has 124 valence electrons. The van der Waals surface area contributed by atoms with E-state index in [0.29, 0.717) is 6.54 Å². The first-order chi connectivity index (χ1) is 11.4. The fraction of sp³-hybridized carbons (Fsp3) is 0.300. The lowest BCUT2D eigenvalue weighted by Gasteiger charge is -2.14. The number of pyridine rings is 1. The van der Waals surface area contributed by atoms with E-state index in [1.54, 1.807) is 6.07 Å². The molecular weight excluding hydrogens is 300 g/mol. The van der Waals surface area contributed by atoms with Crippen LogP contribution in [-0.4, -0.2) is 20.6 Å². The van der Waals surface area contributed by atoms with Crippen LogP contribution in [0.25, 0.3) is 11.0 Å². The van der Waals surface area contributed by atoms with Gasteiger partial charge in [-0.05, 0) is 61.6 Å². The van der Waals surface area contributed by atoms with Crippen molar-refractivity contribution in [2.75, 3.05) is 0 Å². The summed E-state index contributed by atoms with van der Waals surface area (Å²) in [5.74, 6) is -0.923. The molecule has 3 aromatic rings. The van der Waals surface area contributed by atoms with Crippen molar-refractivity contribution in [1.82, 2.24) is 9.55 Å². The molecule has 0 aliphatic heterocycles. The summed E-state index contributed by atoms with van der Waals surface area (Å²) in [4.78, 5) is 16.2. The molecule has 0 bridgehead atoms. The Labute approximate surface area is 141 Å². The van der Waals surface area contributed by atoms with Gasteiger partial charge in [-0.15, -0.1) is 0 Å². The van der Waals surface area contributed by atoms with Gasteiger partial charge < -0.3 is 9.67 Å². The second kappa shape index (κ2) is 6.11. The van der Waals surface area contributed by atoms with Crippen LogP contribution in [0, 0.1) is 20.8 Å². The smallest absolute Gasteiger partial charge is 0.352 e. The molecule has 0 fully saturated rings. The van der Waals surface area contributed by atoms with E-state index in [2.05, 4.69) is 44.8 Å². The number of nitrogens with zero attached hydrogens (tertiary/aromatic N) is 2. The number of benzene rings is 1. The summed E-state index contributed by atoms with van der Waals surface area (Å²) in [6.07, 6.45) is 2.71. The lowest BCUT2D eigenvalue weighted by molar-refractivity contribution is 0.0686. The highest BCUT2D eigenvalue weighted by molar-refractivity contribution is 5.93. The minimum Gasteiger partial charge on any atom is -0.477 e. The Balaban J connectivity index is 2.18. The number of aryl methyl sites for hydroxylation is 4. The van der Waals surface area contributed by atoms with Crippen molar-refractivity contribution < 1.29 is 9.90 Å². The molecule has 0 radical (unpaired) electrons. The molecule has 0 saturated heterocycles. The highest BCUT2D eigenvalue weighted by Crippen LogP contribution is 2.24. The average molecular weight is 322 g/mol. The standard InChI is InChI=1S/C20H22N2O2/c1-5-15-8-16-9-18(20(23)24)22(19(16)21-10-15)11-17-13(3)6-12(2)7-14(17)4/h6-10H,5,11H2,1-4H3,(H,23,24). The normalized spacial score (nSPS) is 11.2. The number of hydrogen-bond acceptors (Lipinski definition) is 2. The zero-order chi connectivity index (χ0) is 17.4. The second-order valence-electron chi connectivity index (χ2n) is 6.41. The van der Waals surface area contributed by atoms with Crippen molar-refractivity contribution >= 4 is 17.0 Å². The van der Waals surface area contributed by atoms with E-state index in [4.69, 9.17) is 0 Å². The van der Waals surface area contributed by atoms with E-state index in [-0.39, 0.29) is 5.69 Å². The molecule has 0 spiro atoms. The summed E-state index contributed by atoms with van der Waals surface area (Å²) in [6, 6.07) is 8.02. The quantitative estimate of drug-likeness (QED) is 0.780. The number of aromatic carboxylic acids is 1. The predicted octanol–water partition coefficient (Wildman–Crippen LogP) is 4.27. The van der Waals surface area contributed by atoms with Crippen LogP contribution >= 0.6 is 0 Å². The van der Waals surface area contributed by atoms with Gasteiger partial charge in [0.2, 0.25) is 0 Å². The molecule has 1 N–H and O–H groups in total. The Morgan fingerprint density at radius 2 is 1.79 bits per heavy atom. The molecule has 0 aliphatic carbocycles. The SMILES string of the molecule is CCc1cnc2c(c1)cc(C(=O)O)n2Cc1c(C)cc(C)cc1C. The fourth-order valence-corrected chi connectivity index (χ4v) is 3.34. The van der Waals surface area contributed by atoms with Crippen molar-refractivity contribution in [1.29, 1.82) is 0 Å². The number of aromatic nitrogens is 2. The van der Waals surface area contributed by atoms with E-state index in [1.807, 2.05) is 16.8 Å². The summed E-state index contributed by atoms with van der Waals surface area (Å²) >= 11 is 0. The van der Waals surface area contributed by atoms with E-state index in [1.165, 1.54) is 16.7 Å². The number of carboxylic acid groups (broad SMARTS) is 1. The first-order valence-electron chi connectivity index (χ1n) is 8.19. The van der Waals surface area contributed by atoms with E-state index >= 15 is 0 Å². The van der Waals surface area contributed by atoms with Gasteiger partial charge in [-0.2, -0.15) is 0 Å². The van der Waals surface area contributed by atoms with Gasteiger partial charge in [0.1, 0.15) is 11.3 Å². The maximum Gasteiger partial charge on any atom is 0.352 e. The topological polar surface area (TPSA) is 55.1 Å². The maximum absolute atomic E-state index is 11.7. The van der Waals surface area contributed by atoms with Crippen molar-refractivity contribution in [3.8, 4) is 0 Å². The molecule has 0 unspecified atom stereocenters. The van der Waals surface area contributed by atoms with Crippen LogP contribution in [0.2, 0.25) is 0 Å². The number of carboxylic acids is 1. The Bertz CT molecular complexity index is 915. The van der Waals surface area contributed by atoms with Gasteiger partial charge >= 0.3 is 5.97 Å². The minimum absolute atomic E-state index is 0.283. The fourth-order valence-electron chi connectivity index (χ4n) is 3.34.